The molecule has 0 saturated heterocycles. The van der Waals surface area contributed by atoms with Crippen LogP contribution >= 0.6 is 11.3 Å². The number of methoxy groups -OCH3 is 1. The van der Waals surface area contributed by atoms with Gasteiger partial charge in [-0.25, -0.2) is 4.98 Å². The Morgan fingerprint density at radius 2 is 1.88 bits per heavy atom. The summed E-state index contributed by atoms with van der Waals surface area (Å²) in [5.41, 5.74) is 4.58. The van der Waals surface area contributed by atoms with E-state index in [2.05, 4.69) is 21.7 Å². The standard InChI is InChI=1S/C24H27N3O4S/c1-5-25-22(28)13-31-20-9-7-17(11-21(20)30-4)12-26-23(29)19-14-32-24(27-19)18-8-6-15(2)10-16(18)3/h6-11,14H,5,12-13H2,1-4H3,(H,25,28)(H,26,29). The smallest absolute Gasteiger partial charge is 0.271 e. The van der Waals surface area contributed by atoms with Gasteiger partial charge in [-0.1, -0.05) is 29.8 Å². The van der Waals surface area contributed by atoms with Crippen LogP contribution in [0.4, 0.5) is 0 Å². The number of hydrogen-bond acceptors (Lipinski definition) is 6. The van der Waals surface area contributed by atoms with E-state index in [9.17, 15) is 9.59 Å². The Balaban J connectivity index is 1.62. The minimum Gasteiger partial charge on any atom is -0.493 e. The highest BCUT2D eigenvalue weighted by Crippen LogP contribution is 2.29. The number of thiazole rings is 1. The van der Waals surface area contributed by atoms with Crippen LogP contribution < -0.4 is 20.1 Å². The molecule has 2 amide bonds. The van der Waals surface area contributed by atoms with Gasteiger partial charge in [0.05, 0.1) is 7.11 Å². The van der Waals surface area contributed by atoms with Crippen LogP contribution in [-0.2, 0) is 11.3 Å². The predicted molar refractivity (Wildman–Crippen MR) is 125 cm³/mol. The van der Waals surface area contributed by atoms with Crippen LogP contribution in [0.3, 0.4) is 0 Å². The summed E-state index contributed by atoms with van der Waals surface area (Å²) in [6, 6.07) is 11.5. The molecule has 0 bridgehead atoms. The maximum Gasteiger partial charge on any atom is 0.271 e. The van der Waals surface area contributed by atoms with Crippen molar-refractivity contribution >= 4 is 23.2 Å². The molecule has 0 spiro atoms. The number of carbonyl (C=O) groups excluding carboxylic acids is 2. The van der Waals surface area contributed by atoms with Gasteiger partial charge in [0.25, 0.3) is 11.8 Å². The summed E-state index contributed by atoms with van der Waals surface area (Å²) in [7, 11) is 1.53. The summed E-state index contributed by atoms with van der Waals surface area (Å²) < 4.78 is 10.9. The number of nitrogens with zero attached hydrogens (tertiary/aromatic N) is 1. The average Bonchev–Trinajstić information content (AvgIpc) is 3.26. The van der Waals surface area contributed by atoms with Crippen LogP contribution in [0.1, 0.15) is 34.1 Å². The molecule has 2 N–H and O–H groups in total. The highest BCUT2D eigenvalue weighted by atomic mass is 32.1. The van der Waals surface area contributed by atoms with Gasteiger partial charge in [0.2, 0.25) is 0 Å². The van der Waals surface area contributed by atoms with Crippen molar-refractivity contribution < 1.29 is 19.1 Å². The van der Waals surface area contributed by atoms with Gasteiger partial charge in [-0.3, -0.25) is 9.59 Å². The van der Waals surface area contributed by atoms with Crippen molar-refractivity contribution in [1.82, 2.24) is 15.6 Å². The summed E-state index contributed by atoms with van der Waals surface area (Å²) in [5, 5.41) is 8.15. The maximum absolute atomic E-state index is 12.6. The summed E-state index contributed by atoms with van der Waals surface area (Å²) in [6.45, 7) is 6.70. The Hall–Kier alpha value is -3.39. The van der Waals surface area contributed by atoms with E-state index in [4.69, 9.17) is 9.47 Å². The van der Waals surface area contributed by atoms with Crippen LogP contribution in [-0.4, -0.2) is 37.1 Å². The van der Waals surface area contributed by atoms with E-state index in [0.29, 0.717) is 30.3 Å². The van der Waals surface area contributed by atoms with Gasteiger partial charge >= 0.3 is 0 Å². The first-order valence-corrected chi connectivity index (χ1v) is 11.2. The quantitative estimate of drug-likeness (QED) is 0.513. The molecule has 7 nitrogen and oxygen atoms in total. The first-order chi connectivity index (χ1) is 15.4. The minimum absolute atomic E-state index is 0.0904. The molecule has 3 aromatic rings. The first kappa shape index (κ1) is 23.3. The van der Waals surface area contributed by atoms with Gasteiger partial charge < -0.3 is 20.1 Å². The van der Waals surface area contributed by atoms with Crippen molar-refractivity contribution in [2.24, 2.45) is 0 Å². The van der Waals surface area contributed by atoms with Crippen LogP contribution in [0.15, 0.2) is 41.8 Å². The molecule has 0 radical (unpaired) electrons. The van der Waals surface area contributed by atoms with E-state index in [1.807, 2.05) is 39.0 Å². The largest absolute Gasteiger partial charge is 0.493 e. The summed E-state index contributed by atoms with van der Waals surface area (Å²) >= 11 is 1.45. The van der Waals surface area contributed by atoms with E-state index in [0.717, 1.165) is 21.7 Å². The number of amides is 2. The molecular formula is C24H27N3O4S. The van der Waals surface area contributed by atoms with Crippen LogP contribution in [0, 0.1) is 13.8 Å². The first-order valence-electron chi connectivity index (χ1n) is 10.3. The van der Waals surface area contributed by atoms with Crippen molar-refractivity contribution in [3.05, 3.63) is 64.2 Å². The molecule has 8 heteroatoms. The molecular weight excluding hydrogens is 426 g/mol. The molecule has 1 aromatic heterocycles. The van der Waals surface area contributed by atoms with Crippen molar-refractivity contribution in [1.29, 1.82) is 0 Å². The van der Waals surface area contributed by atoms with Crippen LogP contribution in [0.25, 0.3) is 10.6 Å². The second kappa shape index (κ2) is 10.8. The molecule has 32 heavy (non-hydrogen) atoms. The van der Waals surface area contributed by atoms with Crippen molar-refractivity contribution in [3.63, 3.8) is 0 Å². The third-order valence-electron chi connectivity index (χ3n) is 4.76. The zero-order chi connectivity index (χ0) is 23.1. The van der Waals surface area contributed by atoms with Gasteiger partial charge in [-0.05, 0) is 44.0 Å². The van der Waals surface area contributed by atoms with E-state index in [1.165, 1.54) is 24.0 Å². The number of rotatable bonds is 9. The van der Waals surface area contributed by atoms with Gasteiger partial charge in [-0.2, -0.15) is 0 Å². The zero-order valence-electron chi connectivity index (χ0n) is 18.7. The molecule has 3 rings (SSSR count). The minimum atomic E-state index is -0.243. The molecule has 0 unspecified atom stereocenters. The molecule has 0 aliphatic rings. The SMILES string of the molecule is CCNC(=O)COc1ccc(CNC(=O)c2csc(-c3ccc(C)cc3C)n2)cc1OC. The Morgan fingerprint density at radius 3 is 2.59 bits per heavy atom. The van der Waals surface area contributed by atoms with Gasteiger partial charge in [0.1, 0.15) is 10.7 Å². The number of aryl methyl sites for hydroxylation is 2. The van der Waals surface area contributed by atoms with E-state index < -0.39 is 0 Å². The summed E-state index contributed by atoms with van der Waals surface area (Å²) in [5.74, 6) is 0.514. The lowest BCUT2D eigenvalue weighted by molar-refractivity contribution is -0.123. The topological polar surface area (TPSA) is 89.6 Å². The van der Waals surface area contributed by atoms with Gasteiger partial charge in [0, 0.05) is 24.0 Å². The number of nitrogens with one attached hydrogen (secondary N) is 2. The Labute approximate surface area is 191 Å². The van der Waals surface area contributed by atoms with Gasteiger partial charge in [0.15, 0.2) is 18.1 Å². The van der Waals surface area contributed by atoms with Crippen LogP contribution in [0.2, 0.25) is 0 Å². The number of hydrogen-bond donors (Lipinski definition) is 2. The summed E-state index contributed by atoms with van der Waals surface area (Å²) in [4.78, 5) is 28.7. The zero-order valence-corrected chi connectivity index (χ0v) is 19.5. The third-order valence-corrected chi connectivity index (χ3v) is 5.64. The lowest BCUT2D eigenvalue weighted by atomic mass is 10.1. The molecule has 0 atom stereocenters. The molecule has 2 aromatic carbocycles. The van der Waals surface area contributed by atoms with Crippen LogP contribution in [0.5, 0.6) is 11.5 Å². The molecule has 0 fully saturated rings. The highest BCUT2D eigenvalue weighted by molar-refractivity contribution is 7.13. The second-order valence-corrected chi connectivity index (χ2v) is 8.12. The van der Waals surface area contributed by atoms with E-state index in [-0.39, 0.29) is 18.4 Å². The maximum atomic E-state index is 12.6. The monoisotopic (exact) mass is 453 g/mol. The summed E-state index contributed by atoms with van der Waals surface area (Å²) in [6.07, 6.45) is 0. The lowest BCUT2D eigenvalue weighted by Crippen LogP contribution is -2.28. The van der Waals surface area contributed by atoms with Gasteiger partial charge in [-0.15, -0.1) is 11.3 Å². The molecule has 168 valence electrons. The number of benzene rings is 2. The fraction of sp³-hybridized carbons (Fsp3) is 0.292. The average molecular weight is 454 g/mol. The fourth-order valence-electron chi connectivity index (χ4n) is 3.16. The Bertz CT molecular complexity index is 1110. The molecule has 0 saturated carbocycles. The molecule has 1 heterocycles. The van der Waals surface area contributed by atoms with E-state index in [1.54, 1.807) is 17.5 Å². The molecule has 0 aliphatic heterocycles. The lowest BCUT2D eigenvalue weighted by Gasteiger charge is -2.12. The van der Waals surface area contributed by atoms with Crippen molar-refractivity contribution in [3.8, 4) is 22.1 Å². The Kier molecular flexibility index (Phi) is 7.83. The Morgan fingerprint density at radius 1 is 1.06 bits per heavy atom. The molecule has 0 aliphatic carbocycles. The van der Waals surface area contributed by atoms with Crippen molar-refractivity contribution in [2.45, 2.75) is 27.3 Å². The number of ether oxygens (including phenoxy) is 2. The number of carbonyl (C=O) groups is 2. The predicted octanol–water partition coefficient (Wildman–Crippen LogP) is 3.88. The normalized spacial score (nSPS) is 10.5. The third kappa shape index (κ3) is 5.85. The second-order valence-electron chi connectivity index (χ2n) is 7.27. The van der Waals surface area contributed by atoms with E-state index >= 15 is 0 Å². The van der Waals surface area contributed by atoms with Crippen molar-refractivity contribution in [2.75, 3.05) is 20.3 Å². The number of aromatic nitrogens is 1. The number of likely N-dealkylation sites (N-methyl/N-ethyl adjacent to an activating group) is 1. The fourth-order valence-corrected chi connectivity index (χ4v) is 4.05. The highest BCUT2D eigenvalue weighted by Gasteiger charge is 2.14.